The van der Waals surface area contributed by atoms with Gasteiger partial charge in [0.1, 0.15) is 5.69 Å². The van der Waals surface area contributed by atoms with Crippen molar-refractivity contribution in [3.63, 3.8) is 0 Å². The van der Waals surface area contributed by atoms with Crippen molar-refractivity contribution >= 4 is 27.7 Å². The number of hydrogen-bond donors (Lipinski definition) is 1. The standard InChI is InChI=1S/C14H12BrNO3/c1-8-3-9(5-11(15)4-8)13(17)10-6-12(14(18)19)16(2)7-10/h3-7H,1-2H3,(H,18,19). The van der Waals surface area contributed by atoms with Gasteiger partial charge < -0.3 is 9.67 Å². The van der Waals surface area contributed by atoms with Crippen LogP contribution in [0, 0.1) is 6.92 Å². The van der Waals surface area contributed by atoms with Gasteiger partial charge in [-0.15, -0.1) is 0 Å². The number of halogens is 1. The summed E-state index contributed by atoms with van der Waals surface area (Å²) in [6.45, 7) is 1.90. The molecule has 1 aromatic heterocycles. The van der Waals surface area contributed by atoms with Crippen molar-refractivity contribution in [3.05, 3.63) is 57.3 Å². The summed E-state index contributed by atoms with van der Waals surface area (Å²) in [5.74, 6) is -1.24. The molecule has 1 aromatic carbocycles. The summed E-state index contributed by atoms with van der Waals surface area (Å²) in [5, 5.41) is 8.98. The van der Waals surface area contributed by atoms with E-state index in [2.05, 4.69) is 15.9 Å². The van der Waals surface area contributed by atoms with E-state index >= 15 is 0 Å². The third kappa shape index (κ3) is 2.76. The van der Waals surface area contributed by atoms with Crippen LogP contribution in [0.4, 0.5) is 0 Å². The minimum atomic E-state index is -1.05. The van der Waals surface area contributed by atoms with Crippen LogP contribution in [0.1, 0.15) is 32.0 Å². The molecule has 98 valence electrons. The molecule has 0 aliphatic heterocycles. The lowest BCUT2D eigenvalue weighted by Crippen LogP contribution is -2.02. The van der Waals surface area contributed by atoms with E-state index in [1.165, 1.54) is 16.8 Å². The van der Waals surface area contributed by atoms with Crippen LogP contribution in [-0.2, 0) is 7.05 Å². The van der Waals surface area contributed by atoms with Gasteiger partial charge in [0, 0.05) is 28.8 Å². The molecule has 0 fully saturated rings. The zero-order chi connectivity index (χ0) is 14.2. The van der Waals surface area contributed by atoms with Crippen molar-refractivity contribution in [2.24, 2.45) is 7.05 Å². The average Bonchev–Trinajstić information content (AvgIpc) is 2.69. The lowest BCUT2D eigenvalue weighted by molar-refractivity contribution is 0.0686. The molecule has 5 heteroatoms. The lowest BCUT2D eigenvalue weighted by atomic mass is 10.0. The molecule has 2 aromatic rings. The first-order valence-electron chi connectivity index (χ1n) is 5.60. The molecule has 0 amide bonds. The van der Waals surface area contributed by atoms with Crippen LogP contribution < -0.4 is 0 Å². The van der Waals surface area contributed by atoms with Crippen molar-refractivity contribution in [1.29, 1.82) is 0 Å². The Kier molecular flexibility index (Phi) is 3.57. The fraction of sp³-hybridized carbons (Fsp3) is 0.143. The largest absolute Gasteiger partial charge is 0.477 e. The van der Waals surface area contributed by atoms with E-state index < -0.39 is 5.97 Å². The topological polar surface area (TPSA) is 59.3 Å². The molecule has 0 bridgehead atoms. The molecular formula is C14H12BrNO3. The van der Waals surface area contributed by atoms with E-state index in [-0.39, 0.29) is 11.5 Å². The summed E-state index contributed by atoms with van der Waals surface area (Å²) >= 11 is 3.35. The van der Waals surface area contributed by atoms with Crippen molar-refractivity contribution in [3.8, 4) is 0 Å². The Labute approximate surface area is 118 Å². The molecule has 0 radical (unpaired) electrons. The van der Waals surface area contributed by atoms with E-state index in [0.29, 0.717) is 11.1 Å². The number of carbonyl (C=O) groups is 2. The van der Waals surface area contributed by atoms with E-state index in [9.17, 15) is 9.59 Å². The smallest absolute Gasteiger partial charge is 0.352 e. The monoisotopic (exact) mass is 321 g/mol. The van der Waals surface area contributed by atoms with Gasteiger partial charge in [-0.3, -0.25) is 4.79 Å². The van der Waals surface area contributed by atoms with Gasteiger partial charge in [-0.05, 0) is 36.8 Å². The molecule has 0 spiro atoms. The molecule has 0 aliphatic carbocycles. The van der Waals surface area contributed by atoms with Gasteiger partial charge in [-0.1, -0.05) is 15.9 Å². The maximum absolute atomic E-state index is 12.3. The summed E-state index contributed by atoms with van der Waals surface area (Å²) in [6.07, 6.45) is 1.53. The third-order valence-electron chi connectivity index (χ3n) is 2.79. The molecule has 0 aliphatic rings. The molecule has 1 heterocycles. The number of rotatable bonds is 3. The van der Waals surface area contributed by atoms with Crippen LogP contribution in [0.15, 0.2) is 34.9 Å². The number of ketones is 1. The molecule has 19 heavy (non-hydrogen) atoms. The van der Waals surface area contributed by atoms with Crippen LogP contribution >= 0.6 is 15.9 Å². The first kappa shape index (κ1) is 13.5. The van der Waals surface area contributed by atoms with Crippen molar-refractivity contribution in [1.82, 2.24) is 4.57 Å². The van der Waals surface area contributed by atoms with Crippen LogP contribution in [0.2, 0.25) is 0 Å². The number of carboxylic acid groups (broad SMARTS) is 1. The first-order valence-corrected chi connectivity index (χ1v) is 6.39. The summed E-state index contributed by atoms with van der Waals surface area (Å²) in [4.78, 5) is 23.3. The second kappa shape index (κ2) is 5.01. The third-order valence-corrected chi connectivity index (χ3v) is 3.25. The second-order valence-electron chi connectivity index (χ2n) is 4.38. The number of hydrogen-bond acceptors (Lipinski definition) is 2. The number of aryl methyl sites for hydroxylation is 2. The number of aromatic nitrogens is 1. The molecule has 4 nitrogen and oxygen atoms in total. The van der Waals surface area contributed by atoms with Gasteiger partial charge in [0.2, 0.25) is 0 Å². The quantitative estimate of drug-likeness (QED) is 0.884. The molecule has 0 unspecified atom stereocenters. The SMILES string of the molecule is Cc1cc(Br)cc(C(=O)c2cc(C(=O)O)n(C)c2)c1. The summed E-state index contributed by atoms with van der Waals surface area (Å²) in [7, 11) is 1.60. The highest BCUT2D eigenvalue weighted by atomic mass is 79.9. The van der Waals surface area contributed by atoms with Crippen molar-refractivity contribution < 1.29 is 14.7 Å². The van der Waals surface area contributed by atoms with Crippen LogP contribution in [0.5, 0.6) is 0 Å². The van der Waals surface area contributed by atoms with Gasteiger partial charge in [0.25, 0.3) is 0 Å². The summed E-state index contributed by atoms with van der Waals surface area (Å²) < 4.78 is 2.26. The number of carboxylic acids is 1. The number of benzene rings is 1. The van der Waals surface area contributed by atoms with E-state index in [1.807, 2.05) is 13.0 Å². The lowest BCUT2D eigenvalue weighted by Gasteiger charge is -2.01. The van der Waals surface area contributed by atoms with Gasteiger partial charge in [0.05, 0.1) is 0 Å². The van der Waals surface area contributed by atoms with E-state index in [4.69, 9.17) is 5.11 Å². The minimum Gasteiger partial charge on any atom is -0.477 e. The highest BCUT2D eigenvalue weighted by Gasteiger charge is 2.16. The maximum atomic E-state index is 12.3. The Morgan fingerprint density at radius 3 is 2.37 bits per heavy atom. The fourth-order valence-corrected chi connectivity index (χ4v) is 2.54. The Morgan fingerprint density at radius 1 is 1.16 bits per heavy atom. The Balaban J connectivity index is 2.44. The van der Waals surface area contributed by atoms with Gasteiger partial charge >= 0.3 is 5.97 Å². The zero-order valence-corrected chi connectivity index (χ0v) is 12.1. The molecule has 2 rings (SSSR count). The fourth-order valence-electron chi connectivity index (χ4n) is 1.94. The summed E-state index contributed by atoms with van der Waals surface area (Å²) in [6, 6.07) is 6.80. The molecular weight excluding hydrogens is 310 g/mol. The van der Waals surface area contributed by atoms with Crippen LogP contribution in [-0.4, -0.2) is 21.4 Å². The van der Waals surface area contributed by atoms with Gasteiger partial charge in [0.15, 0.2) is 5.78 Å². The van der Waals surface area contributed by atoms with Crippen LogP contribution in [0.3, 0.4) is 0 Å². The van der Waals surface area contributed by atoms with Gasteiger partial charge in [-0.25, -0.2) is 4.79 Å². The number of aromatic carboxylic acids is 1. The van der Waals surface area contributed by atoms with E-state index in [1.54, 1.807) is 19.2 Å². The number of carbonyl (C=O) groups excluding carboxylic acids is 1. The zero-order valence-electron chi connectivity index (χ0n) is 10.5. The van der Waals surface area contributed by atoms with Crippen LogP contribution in [0.25, 0.3) is 0 Å². The van der Waals surface area contributed by atoms with Crippen molar-refractivity contribution in [2.75, 3.05) is 0 Å². The average molecular weight is 322 g/mol. The Morgan fingerprint density at radius 2 is 1.84 bits per heavy atom. The highest BCUT2D eigenvalue weighted by Crippen LogP contribution is 2.19. The normalized spacial score (nSPS) is 10.5. The molecule has 1 N–H and O–H groups in total. The number of nitrogens with zero attached hydrogens (tertiary/aromatic N) is 1. The van der Waals surface area contributed by atoms with Crippen molar-refractivity contribution in [2.45, 2.75) is 6.92 Å². The first-order chi connectivity index (χ1) is 8.88. The summed E-state index contributed by atoms with van der Waals surface area (Å²) in [5.41, 5.74) is 1.97. The van der Waals surface area contributed by atoms with Gasteiger partial charge in [-0.2, -0.15) is 0 Å². The van der Waals surface area contributed by atoms with E-state index in [0.717, 1.165) is 10.0 Å². The second-order valence-corrected chi connectivity index (χ2v) is 5.29. The minimum absolute atomic E-state index is 0.0927. The predicted octanol–water partition coefficient (Wildman–Crippen LogP) is 3.03. The maximum Gasteiger partial charge on any atom is 0.352 e. The molecule has 0 saturated heterocycles. The highest BCUT2D eigenvalue weighted by molar-refractivity contribution is 9.10. The predicted molar refractivity (Wildman–Crippen MR) is 74.7 cm³/mol. The molecule has 0 atom stereocenters. The Bertz CT molecular complexity index is 653. The molecule has 0 saturated carbocycles. The Hall–Kier alpha value is -1.88.